The summed E-state index contributed by atoms with van der Waals surface area (Å²) in [5, 5.41) is 9.54. The van der Waals surface area contributed by atoms with E-state index < -0.39 is 11.4 Å². The summed E-state index contributed by atoms with van der Waals surface area (Å²) in [7, 11) is 0. The lowest BCUT2D eigenvalue weighted by atomic mass is 9.84. The molecule has 0 aromatic rings. The van der Waals surface area contributed by atoms with Gasteiger partial charge in [0.15, 0.2) is 6.29 Å². The van der Waals surface area contributed by atoms with Gasteiger partial charge in [-0.15, -0.1) is 0 Å². The van der Waals surface area contributed by atoms with Crippen LogP contribution in [0.15, 0.2) is 0 Å². The molecule has 0 aromatic carbocycles. The van der Waals surface area contributed by atoms with Crippen molar-refractivity contribution in [3.8, 4) is 6.07 Å². The molecule has 0 unspecified atom stereocenters. The lowest BCUT2D eigenvalue weighted by Gasteiger charge is -2.35. The van der Waals surface area contributed by atoms with Crippen LogP contribution in [0.2, 0.25) is 0 Å². The third kappa shape index (κ3) is 5.69. The van der Waals surface area contributed by atoms with Crippen molar-refractivity contribution >= 4 is 5.97 Å². The number of nitriles is 1. The first-order valence-corrected chi connectivity index (χ1v) is 9.99. The fraction of sp³-hybridized carbons (Fsp3) is 0.900. The van der Waals surface area contributed by atoms with E-state index in [1.807, 2.05) is 0 Å². The minimum absolute atomic E-state index is 0.0619. The Morgan fingerprint density at radius 3 is 2.32 bits per heavy atom. The second kappa shape index (κ2) is 10.1. The molecule has 2 fully saturated rings. The molecule has 1 saturated heterocycles. The minimum atomic E-state index is -1.30. The van der Waals surface area contributed by atoms with Crippen LogP contribution < -0.4 is 0 Å². The van der Waals surface area contributed by atoms with Crippen molar-refractivity contribution in [2.75, 3.05) is 13.2 Å². The van der Waals surface area contributed by atoms with Gasteiger partial charge in [0, 0.05) is 0 Å². The molecule has 1 saturated carbocycles. The number of hydrogen-bond acceptors (Lipinski definition) is 5. The largest absolute Gasteiger partial charge is 0.461 e. The van der Waals surface area contributed by atoms with Gasteiger partial charge in [-0.3, -0.25) is 4.79 Å². The van der Waals surface area contributed by atoms with E-state index >= 15 is 0 Å². The van der Waals surface area contributed by atoms with Crippen LogP contribution in [-0.2, 0) is 19.0 Å². The standard InChI is InChI=1S/C20H33NO4/c1-3-5-6-8-18-23-14-20(13-21,15-24-18)19(22)25-17-11-9-16(7-4-2)10-12-17/h16-18H,3-12,14-15H2,1-2H3. The molecular formula is C20H33NO4. The number of rotatable bonds is 8. The lowest BCUT2D eigenvalue weighted by molar-refractivity contribution is -0.228. The molecule has 142 valence electrons. The predicted molar refractivity (Wildman–Crippen MR) is 94.6 cm³/mol. The van der Waals surface area contributed by atoms with Gasteiger partial charge in [0.2, 0.25) is 5.41 Å². The molecule has 0 spiro atoms. The Hall–Kier alpha value is -1.12. The van der Waals surface area contributed by atoms with E-state index in [2.05, 4.69) is 19.9 Å². The summed E-state index contributed by atoms with van der Waals surface area (Å²) in [6, 6.07) is 2.10. The van der Waals surface area contributed by atoms with Crippen LogP contribution in [0.5, 0.6) is 0 Å². The van der Waals surface area contributed by atoms with Gasteiger partial charge in [0.1, 0.15) is 6.10 Å². The third-order valence-electron chi connectivity index (χ3n) is 5.44. The Kier molecular flexibility index (Phi) is 8.18. The molecule has 25 heavy (non-hydrogen) atoms. The van der Waals surface area contributed by atoms with Crippen molar-refractivity contribution in [3.63, 3.8) is 0 Å². The zero-order chi connectivity index (χ0) is 18.1. The second-order valence-electron chi connectivity index (χ2n) is 7.58. The second-order valence-corrected chi connectivity index (χ2v) is 7.58. The summed E-state index contributed by atoms with van der Waals surface area (Å²) in [5.41, 5.74) is -1.30. The van der Waals surface area contributed by atoms with Gasteiger partial charge in [0.05, 0.1) is 19.3 Å². The molecule has 0 amide bonds. The number of esters is 1. The van der Waals surface area contributed by atoms with Gasteiger partial charge in [-0.05, 0) is 44.4 Å². The van der Waals surface area contributed by atoms with Gasteiger partial charge < -0.3 is 14.2 Å². The van der Waals surface area contributed by atoms with Gasteiger partial charge in [-0.2, -0.15) is 5.26 Å². The van der Waals surface area contributed by atoms with Crippen molar-refractivity contribution in [3.05, 3.63) is 0 Å². The summed E-state index contributed by atoms with van der Waals surface area (Å²) in [6.07, 6.45) is 10.2. The molecule has 1 aliphatic heterocycles. The smallest absolute Gasteiger partial charge is 0.331 e. The Labute approximate surface area is 152 Å². The van der Waals surface area contributed by atoms with E-state index in [1.165, 1.54) is 12.8 Å². The molecule has 2 rings (SSSR count). The van der Waals surface area contributed by atoms with Gasteiger partial charge in [0.25, 0.3) is 0 Å². The maximum absolute atomic E-state index is 12.6. The van der Waals surface area contributed by atoms with Crippen LogP contribution in [0.4, 0.5) is 0 Å². The summed E-state index contributed by atoms with van der Waals surface area (Å²) in [6.45, 7) is 4.50. The number of carbonyl (C=O) groups excluding carboxylic acids is 1. The highest BCUT2D eigenvalue weighted by atomic mass is 16.7. The van der Waals surface area contributed by atoms with Crippen molar-refractivity contribution in [2.24, 2.45) is 11.3 Å². The number of ether oxygens (including phenoxy) is 3. The normalized spacial score (nSPS) is 32.8. The minimum Gasteiger partial charge on any atom is -0.461 e. The average molecular weight is 351 g/mol. The highest BCUT2D eigenvalue weighted by molar-refractivity contribution is 5.80. The van der Waals surface area contributed by atoms with Crippen LogP contribution in [0.25, 0.3) is 0 Å². The summed E-state index contributed by atoms with van der Waals surface area (Å²) in [5.74, 6) is 0.288. The predicted octanol–water partition coefficient (Wildman–Crippen LogP) is 4.35. The van der Waals surface area contributed by atoms with Crippen LogP contribution in [-0.4, -0.2) is 31.6 Å². The Bertz CT molecular complexity index is 443. The molecule has 0 N–H and O–H groups in total. The SMILES string of the molecule is CCCCCC1OCC(C#N)(C(=O)OC2CCC(CCC)CC2)CO1. The molecule has 5 heteroatoms. The fourth-order valence-corrected chi connectivity index (χ4v) is 3.73. The summed E-state index contributed by atoms with van der Waals surface area (Å²) < 4.78 is 17.0. The summed E-state index contributed by atoms with van der Waals surface area (Å²) in [4.78, 5) is 12.6. The number of unbranched alkanes of at least 4 members (excludes halogenated alkanes) is 2. The van der Waals surface area contributed by atoms with E-state index in [9.17, 15) is 10.1 Å². The fourth-order valence-electron chi connectivity index (χ4n) is 3.73. The third-order valence-corrected chi connectivity index (χ3v) is 5.44. The Morgan fingerprint density at radius 2 is 1.76 bits per heavy atom. The van der Waals surface area contributed by atoms with E-state index in [1.54, 1.807) is 0 Å². The Morgan fingerprint density at radius 1 is 1.08 bits per heavy atom. The van der Waals surface area contributed by atoms with E-state index in [-0.39, 0.29) is 25.6 Å². The maximum atomic E-state index is 12.6. The zero-order valence-corrected chi connectivity index (χ0v) is 15.8. The molecule has 2 aliphatic rings. The van der Waals surface area contributed by atoms with Crippen LogP contribution in [0.1, 0.15) is 78.1 Å². The first kappa shape index (κ1) is 20.2. The number of nitrogens with zero attached hydrogens (tertiary/aromatic N) is 1. The summed E-state index contributed by atoms with van der Waals surface area (Å²) >= 11 is 0. The molecule has 0 radical (unpaired) electrons. The topological polar surface area (TPSA) is 68.5 Å². The molecule has 5 nitrogen and oxygen atoms in total. The van der Waals surface area contributed by atoms with Gasteiger partial charge in [-0.1, -0.05) is 39.5 Å². The van der Waals surface area contributed by atoms with Gasteiger partial charge in [-0.25, -0.2) is 0 Å². The molecule has 1 heterocycles. The molecule has 0 aromatic heterocycles. The van der Waals surface area contributed by atoms with Crippen molar-refractivity contribution in [1.29, 1.82) is 5.26 Å². The first-order chi connectivity index (χ1) is 12.1. The lowest BCUT2D eigenvalue weighted by Crippen LogP contribution is -2.48. The first-order valence-electron chi connectivity index (χ1n) is 9.99. The van der Waals surface area contributed by atoms with E-state index in [0.29, 0.717) is 0 Å². The molecule has 1 aliphatic carbocycles. The number of hydrogen-bond donors (Lipinski definition) is 0. The van der Waals surface area contributed by atoms with Crippen molar-refractivity contribution in [1.82, 2.24) is 0 Å². The highest BCUT2D eigenvalue weighted by Crippen LogP contribution is 2.32. The molecule has 0 atom stereocenters. The van der Waals surface area contributed by atoms with Crippen molar-refractivity contribution < 1.29 is 19.0 Å². The molecule has 0 bridgehead atoms. The van der Waals surface area contributed by atoms with E-state index in [0.717, 1.165) is 57.3 Å². The van der Waals surface area contributed by atoms with Crippen LogP contribution in [0.3, 0.4) is 0 Å². The highest BCUT2D eigenvalue weighted by Gasteiger charge is 2.46. The maximum Gasteiger partial charge on any atom is 0.331 e. The van der Waals surface area contributed by atoms with Crippen molar-refractivity contribution in [2.45, 2.75) is 90.4 Å². The number of carbonyl (C=O) groups is 1. The van der Waals surface area contributed by atoms with Crippen LogP contribution in [0, 0.1) is 22.7 Å². The quantitative estimate of drug-likeness (QED) is 0.480. The van der Waals surface area contributed by atoms with Gasteiger partial charge >= 0.3 is 5.97 Å². The Balaban J connectivity index is 1.79. The van der Waals surface area contributed by atoms with Crippen LogP contribution >= 0.6 is 0 Å². The average Bonchev–Trinajstić information content (AvgIpc) is 2.64. The zero-order valence-electron chi connectivity index (χ0n) is 15.8. The molecular weight excluding hydrogens is 318 g/mol. The van der Waals surface area contributed by atoms with E-state index in [4.69, 9.17) is 14.2 Å². The monoisotopic (exact) mass is 351 g/mol.